The molecule has 0 aliphatic rings. The quantitative estimate of drug-likeness (QED) is 0.171. The van der Waals surface area contributed by atoms with Gasteiger partial charge in [-0.3, -0.25) is 0 Å². The van der Waals surface area contributed by atoms with Crippen molar-refractivity contribution in [2.45, 2.75) is 6.92 Å². The molecule has 0 saturated heterocycles. The number of carbonyl (C=O) groups is 2. The van der Waals surface area contributed by atoms with Crippen LogP contribution in [0.3, 0.4) is 0 Å². The molecule has 8 heteroatoms. The number of hydrogen-bond donors (Lipinski definition) is 0. The molecule has 0 atom stereocenters. The molecule has 0 N–H and O–H groups in total. The highest BCUT2D eigenvalue weighted by atomic mass is 19.1. The Balaban J connectivity index is 1.67. The van der Waals surface area contributed by atoms with Gasteiger partial charge in [-0.25, -0.2) is 18.4 Å². The van der Waals surface area contributed by atoms with Crippen LogP contribution < -0.4 is 9.47 Å². The molecule has 0 heterocycles. The van der Waals surface area contributed by atoms with Crippen molar-refractivity contribution in [1.82, 2.24) is 0 Å². The van der Waals surface area contributed by atoms with Crippen molar-refractivity contribution < 1.29 is 37.3 Å². The van der Waals surface area contributed by atoms with E-state index in [9.17, 15) is 18.4 Å². The van der Waals surface area contributed by atoms with E-state index in [2.05, 4.69) is 17.9 Å². The highest BCUT2D eigenvalue weighted by molar-refractivity contribution is 5.87. The Hall–Kier alpha value is -4.98. The first-order valence-electron chi connectivity index (χ1n) is 10.8. The standard InChI is InChI=1S/C29H22F2O6/c1-4-28(32)36-15-13-35-23-10-12-25(27(31)18-23)21-7-11-24(26(30)17-21)20-5-8-22(9-6-20)34-14-16-37-29(33)19(2)3/h4-18H,1-2H2,3H3/b15-13-,16-14-. The Morgan fingerprint density at radius 3 is 1.89 bits per heavy atom. The van der Waals surface area contributed by atoms with Gasteiger partial charge in [-0.2, -0.15) is 0 Å². The Kier molecular flexibility index (Phi) is 9.10. The highest BCUT2D eigenvalue weighted by Crippen LogP contribution is 2.31. The summed E-state index contributed by atoms with van der Waals surface area (Å²) in [5.74, 6) is -1.78. The molecule has 3 aromatic rings. The number of carbonyl (C=O) groups excluding carboxylic acids is 2. The van der Waals surface area contributed by atoms with Gasteiger partial charge in [-0.05, 0) is 48.4 Å². The SMILES string of the molecule is C=CC(=O)O/C=C\Oc1ccc(-c2ccc(-c3ccc(O/C=C\OC(=O)C(=C)C)cc3)c(F)c2)c(F)c1. The van der Waals surface area contributed by atoms with Crippen LogP contribution in [0, 0.1) is 11.6 Å². The molecule has 188 valence electrons. The van der Waals surface area contributed by atoms with Gasteiger partial charge in [0.1, 0.15) is 48.2 Å². The third kappa shape index (κ3) is 7.50. The van der Waals surface area contributed by atoms with E-state index in [0.717, 1.165) is 30.9 Å². The van der Waals surface area contributed by atoms with Crippen molar-refractivity contribution in [1.29, 1.82) is 0 Å². The van der Waals surface area contributed by atoms with Crippen molar-refractivity contribution in [3.63, 3.8) is 0 Å². The molecule has 0 aromatic heterocycles. The van der Waals surface area contributed by atoms with Crippen LogP contribution >= 0.6 is 0 Å². The van der Waals surface area contributed by atoms with Gasteiger partial charge in [0.15, 0.2) is 0 Å². The topological polar surface area (TPSA) is 71.1 Å². The minimum absolute atomic E-state index is 0.162. The third-order valence-electron chi connectivity index (χ3n) is 4.78. The molecule has 0 saturated carbocycles. The summed E-state index contributed by atoms with van der Waals surface area (Å²) in [7, 11) is 0. The van der Waals surface area contributed by atoms with Crippen LogP contribution in [-0.2, 0) is 19.1 Å². The summed E-state index contributed by atoms with van der Waals surface area (Å²) in [5.41, 5.74) is 1.69. The lowest BCUT2D eigenvalue weighted by molar-refractivity contribution is -0.134. The van der Waals surface area contributed by atoms with Gasteiger partial charge >= 0.3 is 11.9 Å². The largest absolute Gasteiger partial charge is 0.462 e. The fourth-order valence-electron chi connectivity index (χ4n) is 2.98. The second-order valence-electron chi connectivity index (χ2n) is 7.47. The van der Waals surface area contributed by atoms with Gasteiger partial charge in [0.2, 0.25) is 0 Å². The second kappa shape index (κ2) is 12.6. The van der Waals surface area contributed by atoms with Gasteiger partial charge in [0.25, 0.3) is 0 Å². The molecule has 0 fully saturated rings. The molecule has 3 aromatic carbocycles. The molecule has 0 amide bonds. The fraction of sp³-hybridized carbons (Fsp3) is 0.0345. The Labute approximate surface area is 212 Å². The van der Waals surface area contributed by atoms with E-state index in [1.165, 1.54) is 31.4 Å². The summed E-state index contributed by atoms with van der Waals surface area (Å²) in [4.78, 5) is 22.3. The number of esters is 2. The summed E-state index contributed by atoms with van der Waals surface area (Å²) in [5, 5.41) is 0. The minimum Gasteiger partial charge on any atom is -0.462 e. The fourth-order valence-corrected chi connectivity index (χ4v) is 2.98. The molecule has 0 bridgehead atoms. The second-order valence-corrected chi connectivity index (χ2v) is 7.47. The summed E-state index contributed by atoms with van der Waals surface area (Å²) in [6.45, 7) is 8.24. The number of benzene rings is 3. The van der Waals surface area contributed by atoms with E-state index in [1.807, 2.05) is 0 Å². The van der Waals surface area contributed by atoms with E-state index < -0.39 is 23.6 Å². The summed E-state index contributed by atoms with van der Waals surface area (Å²) >= 11 is 0. The summed E-state index contributed by atoms with van der Waals surface area (Å²) in [6, 6.07) is 15.1. The zero-order chi connectivity index (χ0) is 26.8. The predicted octanol–water partition coefficient (Wildman–Crippen LogP) is 6.85. The lowest BCUT2D eigenvalue weighted by Crippen LogP contribution is -1.99. The first-order valence-corrected chi connectivity index (χ1v) is 10.8. The summed E-state index contributed by atoms with van der Waals surface area (Å²) in [6.07, 6.45) is 5.36. The Bertz CT molecular complexity index is 1370. The van der Waals surface area contributed by atoms with Crippen LogP contribution in [-0.4, -0.2) is 11.9 Å². The van der Waals surface area contributed by atoms with Gasteiger partial charge in [0.05, 0.1) is 0 Å². The van der Waals surface area contributed by atoms with Crippen molar-refractivity contribution in [3.05, 3.63) is 122 Å². The maximum Gasteiger partial charge on any atom is 0.338 e. The number of halogens is 2. The minimum atomic E-state index is -0.660. The molecular weight excluding hydrogens is 482 g/mol. The number of hydrogen-bond acceptors (Lipinski definition) is 6. The average Bonchev–Trinajstić information content (AvgIpc) is 2.89. The number of rotatable bonds is 10. The van der Waals surface area contributed by atoms with Gasteiger partial charge in [0, 0.05) is 28.8 Å². The molecule has 3 rings (SSSR count). The zero-order valence-corrected chi connectivity index (χ0v) is 19.8. The summed E-state index contributed by atoms with van der Waals surface area (Å²) < 4.78 is 49.5. The van der Waals surface area contributed by atoms with E-state index in [1.54, 1.807) is 36.4 Å². The molecule has 0 unspecified atom stereocenters. The van der Waals surface area contributed by atoms with Gasteiger partial charge in [-0.1, -0.05) is 37.4 Å². The van der Waals surface area contributed by atoms with Gasteiger partial charge in [-0.15, -0.1) is 0 Å². The van der Waals surface area contributed by atoms with E-state index >= 15 is 0 Å². The molecule has 6 nitrogen and oxygen atoms in total. The maximum atomic E-state index is 14.9. The third-order valence-corrected chi connectivity index (χ3v) is 4.78. The van der Waals surface area contributed by atoms with Crippen molar-refractivity contribution in [2.24, 2.45) is 0 Å². The lowest BCUT2D eigenvalue weighted by atomic mass is 9.99. The van der Waals surface area contributed by atoms with Crippen molar-refractivity contribution in [2.75, 3.05) is 0 Å². The first-order chi connectivity index (χ1) is 17.8. The molecule has 0 radical (unpaired) electrons. The number of ether oxygens (including phenoxy) is 4. The Morgan fingerprint density at radius 2 is 1.27 bits per heavy atom. The van der Waals surface area contributed by atoms with E-state index in [-0.39, 0.29) is 16.9 Å². The van der Waals surface area contributed by atoms with E-state index in [0.29, 0.717) is 22.4 Å². The predicted molar refractivity (Wildman–Crippen MR) is 134 cm³/mol. The normalized spacial score (nSPS) is 10.8. The van der Waals surface area contributed by atoms with Crippen LogP contribution in [0.1, 0.15) is 6.92 Å². The van der Waals surface area contributed by atoms with Crippen molar-refractivity contribution in [3.8, 4) is 33.8 Å². The monoisotopic (exact) mass is 504 g/mol. The maximum absolute atomic E-state index is 14.9. The molecular formula is C29H22F2O6. The van der Waals surface area contributed by atoms with E-state index in [4.69, 9.17) is 14.2 Å². The zero-order valence-electron chi connectivity index (χ0n) is 19.8. The van der Waals surface area contributed by atoms with Crippen LogP contribution in [0.5, 0.6) is 11.5 Å². The molecule has 0 spiro atoms. The lowest BCUT2D eigenvalue weighted by Gasteiger charge is -2.09. The molecule has 0 aliphatic heterocycles. The highest BCUT2D eigenvalue weighted by Gasteiger charge is 2.11. The van der Waals surface area contributed by atoms with Crippen molar-refractivity contribution >= 4 is 11.9 Å². The Morgan fingerprint density at radius 1 is 0.730 bits per heavy atom. The smallest absolute Gasteiger partial charge is 0.338 e. The molecule has 37 heavy (non-hydrogen) atoms. The van der Waals surface area contributed by atoms with Crippen LogP contribution in [0.25, 0.3) is 22.3 Å². The van der Waals surface area contributed by atoms with Gasteiger partial charge < -0.3 is 18.9 Å². The first kappa shape index (κ1) is 26.6. The van der Waals surface area contributed by atoms with Crippen LogP contribution in [0.4, 0.5) is 8.78 Å². The molecule has 0 aliphatic carbocycles. The van der Waals surface area contributed by atoms with Crippen LogP contribution in [0.15, 0.2) is 111 Å². The van der Waals surface area contributed by atoms with Crippen LogP contribution in [0.2, 0.25) is 0 Å². The average molecular weight is 504 g/mol.